The van der Waals surface area contributed by atoms with Gasteiger partial charge in [0.1, 0.15) is 11.9 Å². The van der Waals surface area contributed by atoms with Crippen LogP contribution in [-0.2, 0) is 0 Å². The quantitative estimate of drug-likeness (QED) is 0.573. The third-order valence-corrected chi connectivity index (χ3v) is 1.13. The number of halogens is 3. The van der Waals surface area contributed by atoms with Crippen LogP contribution in [0.4, 0.5) is 13.2 Å². The van der Waals surface area contributed by atoms with Crippen LogP contribution in [0.3, 0.4) is 0 Å². The fraction of sp³-hybridized carbons (Fsp3) is 0.222. The van der Waals surface area contributed by atoms with Gasteiger partial charge in [-0.2, -0.15) is 5.26 Å². The highest BCUT2D eigenvalue weighted by Crippen LogP contribution is 2.11. The molecule has 0 atom stereocenters. The van der Waals surface area contributed by atoms with Crippen LogP contribution < -0.4 is 0 Å². The lowest BCUT2D eigenvalue weighted by molar-refractivity contribution is 0.494. The third kappa shape index (κ3) is 2.79. The lowest BCUT2D eigenvalue weighted by Crippen LogP contribution is -1.90. The van der Waals surface area contributed by atoms with Crippen molar-refractivity contribution >= 4 is 0 Å². The van der Waals surface area contributed by atoms with E-state index in [1.165, 1.54) is 6.07 Å². The zero-order valence-electron chi connectivity index (χ0n) is 7.24. The molecular formula is C9H8F3N. The molecule has 0 aliphatic rings. The molecule has 0 radical (unpaired) electrons. The fourth-order valence-electron chi connectivity index (χ4n) is 0.608. The van der Waals surface area contributed by atoms with Crippen LogP contribution >= 0.6 is 0 Å². The van der Waals surface area contributed by atoms with Crippen LogP contribution in [-0.4, -0.2) is 0 Å². The summed E-state index contributed by atoms with van der Waals surface area (Å²) in [7, 11) is 0. The SMILES string of the molecule is CC.N#Cc1cc(F)c(F)cc1F. The molecule has 1 aromatic carbocycles. The zero-order valence-corrected chi connectivity index (χ0v) is 7.24. The summed E-state index contributed by atoms with van der Waals surface area (Å²) in [5.74, 6) is -3.56. The molecule has 13 heavy (non-hydrogen) atoms. The van der Waals surface area contributed by atoms with Crippen molar-refractivity contribution in [3.05, 3.63) is 35.1 Å². The lowest BCUT2D eigenvalue weighted by atomic mass is 10.2. The number of benzene rings is 1. The van der Waals surface area contributed by atoms with Crippen molar-refractivity contribution in [1.29, 1.82) is 5.26 Å². The first kappa shape index (κ1) is 11.5. The fourth-order valence-corrected chi connectivity index (χ4v) is 0.608. The summed E-state index contributed by atoms with van der Waals surface area (Å²) in [6.07, 6.45) is 0. The Morgan fingerprint density at radius 3 is 1.92 bits per heavy atom. The average molecular weight is 187 g/mol. The summed E-state index contributed by atoms with van der Waals surface area (Å²) < 4.78 is 36.8. The van der Waals surface area contributed by atoms with Gasteiger partial charge in [0.2, 0.25) is 0 Å². The van der Waals surface area contributed by atoms with Crippen LogP contribution in [0.2, 0.25) is 0 Å². The van der Waals surface area contributed by atoms with Gasteiger partial charge >= 0.3 is 0 Å². The molecule has 0 saturated heterocycles. The zero-order chi connectivity index (χ0) is 10.4. The summed E-state index contributed by atoms with van der Waals surface area (Å²) in [5.41, 5.74) is -0.496. The van der Waals surface area contributed by atoms with E-state index in [4.69, 9.17) is 5.26 Å². The van der Waals surface area contributed by atoms with E-state index in [-0.39, 0.29) is 0 Å². The van der Waals surface area contributed by atoms with Gasteiger partial charge in [-0.05, 0) is 6.07 Å². The highest BCUT2D eigenvalue weighted by Gasteiger charge is 2.08. The minimum absolute atomic E-state index is 0.341. The Labute approximate surface area is 74.4 Å². The van der Waals surface area contributed by atoms with Crippen molar-refractivity contribution in [3.8, 4) is 6.07 Å². The second kappa shape index (κ2) is 5.20. The predicted molar refractivity (Wildman–Crippen MR) is 42.4 cm³/mol. The smallest absolute Gasteiger partial charge is 0.161 e. The molecule has 0 bridgehead atoms. The normalized spacial score (nSPS) is 8.31. The van der Waals surface area contributed by atoms with E-state index in [1.807, 2.05) is 13.8 Å². The van der Waals surface area contributed by atoms with Gasteiger partial charge in [-0.1, -0.05) is 13.8 Å². The van der Waals surface area contributed by atoms with Crippen LogP contribution in [0.1, 0.15) is 19.4 Å². The first-order valence-corrected chi connectivity index (χ1v) is 3.70. The molecule has 1 nitrogen and oxygen atoms in total. The van der Waals surface area contributed by atoms with Gasteiger partial charge in [0.15, 0.2) is 11.6 Å². The van der Waals surface area contributed by atoms with Crippen LogP contribution in [0, 0.1) is 28.8 Å². The number of nitriles is 1. The molecule has 0 unspecified atom stereocenters. The van der Waals surface area contributed by atoms with Crippen LogP contribution in [0.25, 0.3) is 0 Å². The van der Waals surface area contributed by atoms with Crippen molar-refractivity contribution in [3.63, 3.8) is 0 Å². The highest BCUT2D eigenvalue weighted by molar-refractivity contribution is 5.31. The Bertz CT molecular complexity index is 328. The molecule has 0 amide bonds. The first-order valence-electron chi connectivity index (χ1n) is 3.70. The van der Waals surface area contributed by atoms with E-state index in [0.29, 0.717) is 12.1 Å². The van der Waals surface area contributed by atoms with Gasteiger partial charge < -0.3 is 0 Å². The van der Waals surface area contributed by atoms with Crippen molar-refractivity contribution in [1.82, 2.24) is 0 Å². The van der Waals surface area contributed by atoms with Crippen LogP contribution in [0.5, 0.6) is 0 Å². The van der Waals surface area contributed by atoms with E-state index >= 15 is 0 Å². The van der Waals surface area contributed by atoms with E-state index < -0.39 is 23.0 Å². The minimum Gasteiger partial charge on any atom is -0.205 e. The molecule has 0 spiro atoms. The molecule has 0 N–H and O–H groups in total. The van der Waals surface area contributed by atoms with Crippen molar-refractivity contribution in [2.75, 3.05) is 0 Å². The molecule has 0 heterocycles. The summed E-state index contributed by atoms with van der Waals surface area (Å²) in [5, 5.41) is 8.15. The molecule has 70 valence electrons. The third-order valence-electron chi connectivity index (χ3n) is 1.13. The van der Waals surface area contributed by atoms with Gasteiger partial charge in [-0.15, -0.1) is 0 Å². The molecule has 0 fully saturated rings. The van der Waals surface area contributed by atoms with Crippen molar-refractivity contribution < 1.29 is 13.2 Å². The van der Waals surface area contributed by atoms with Crippen molar-refractivity contribution in [2.24, 2.45) is 0 Å². The predicted octanol–water partition coefficient (Wildman–Crippen LogP) is 3.00. The Balaban J connectivity index is 0.000000671. The average Bonchev–Trinajstić information content (AvgIpc) is 2.15. The van der Waals surface area contributed by atoms with Gasteiger partial charge in [0, 0.05) is 6.07 Å². The summed E-state index contributed by atoms with van der Waals surface area (Å²) >= 11 is 0. The van der Waals surface area contributed by atoms with Gasteiger partial charge in [0.05, 0.1) is 5.56 Å². The topological polar surface area (TPSA) is 23.8 Å². The monoisotopic (exact) mass is 187 g/mol. The van der Waals surface area contributed by atoms with E-state index in [9.17, 15) is 13.2 Å². The Hall–Kier alpha value is -1.50. The Kier molecular flexibility index (Phi) is 4.60. The maximum absolute atomic E-state index is 12.4. The van der Waals surface area contributed by atoms with Gasteiger partial charge in [-0.25, -0.2) is 13.2 Å². The standard InChI is InChI=1S/C7H2F3N.C2H6/c8-5-2-7(10)6(9)1-4(5)3-11;1-2/h1-2H;1-2H3. The molecule has 0 aliphatic heterocycles. The Morgan fingerprint density at radius 2 is 1.46 bits per heavy atom. The van der Waals surface area contributed by atoms with Crippen LogP contribution in [0.15, 0.2) is 12.1 Å². The minimum atomic E-state index is -1.29. The van der Waals surface area contributed by atoms with Gasteiger partial charge in [0.25, 0.3) is 0 Å². The molecular weight excluding hydrogens is 179 g/mol. The molecule has 0 aliphatic carbocycles. The molecule has 0 aromatic heterocycles. The molecule has 4 heteroatoms. The molecule has 1 rings (SSSR count). The number of nitrogens with zero attached hydrogens (tertiary/aromatic N) is 1. The summed E-state index contributed by atoms with van der Waals surface area (Å²) in [4.78, 5) is 0. The second-order valence-electron chi connectivity index (χ2n) is 1.86. The number of hydrogen-bond acceptors (Lipinski definition) is 1. The largest absolute Gasteiger partial charge is 0.205 e. The lowest BCUT2D eigenvalue weighted by Gasteiger charge is -1.93. The van der Waals surface area contributed by atoms with E-state index in [0.717, 1.165) is 0 Å². The van der Waals surface area contributed by atoms with Crippen molar-refractivity contribution in [2.45, 2.75) is 13.8 Å². The van der Waals surface area contributed by atoms with Gasteiger partial charge in [-0.3, -0.25) is 0 Å². The van der Waals surface area contributed by atoms with E-state index in [2.05, 4.69) is 0 Å². The first-order chi connectivity index (χ1) is 6.15. The summed E-state index contributed by atoms with van der Waals surface area (Å²) in [6, 6.07) is 2.24. The number of rotatable bonds is 0. The second-order valence-corrected chi connectivity index (χ2v) is 1.86. The maximum atomic E-state index is 12.4. The highest BCUT2D eigenvalue weighted by atomic mass is 19.2. The molecule has 0 saturated carbocycles. The number of hydrogen-bond donors (Lipinski definition) is 0. The molecule has 1 aromatic rings. The Morgan fingerprint density at radius 1 is 1.00 bits per heavy atom. The van der Waals surface area contributed by atoms with E-state index in [1.54, 1.807) is 0 Å². The maximum Gasteiger partial charge on any atom is 0.161 e. The summed E-state index contributed by atoms with van der Waals surface area (Å²) in [6.45, 7) is 4.00.